The highest BCUT2D eigenvalue weighted by molar-refractivity contribution is 5.85. The van der Waals surface area contributed by atoms with E-state index in [0.29, 0.717) is 30.7 Å². The van der Waals surface area contributed by atoms with Gasteiger partial charge in [-0.15, -0.1) is 0 Å². The van der Waals surface area contributed by atoms with Crippen molar-refractivity contribution < 1.29 is 38.8 Å². The van der Waals surface area contributed by atoms with Crippen molar-refractivity contribution in [1.82, 2.24) is 4.90 Å². The van der Waals surface area contributed by atoms with Crippen molar-refractivity contribution in [2.45, 2.75) is 68.3 Å². The number of carbonyl (C=O) groups is 3. The predicted octanol–water partition coefficient (Wildman–Crippen LogP) is 2.87. The summed E-state index contributed by atoms with van der Waals surface area (Å²) in [6.45, 7) is 2.06. The summed E-state index contributed by atoms with van der Waals surface area (Å²) in [6.07, 6.45) is 0.809. The number of aliphatic hydroxyl groups is 1. The Morgan fingerprint density at radius 1 is 1.13 bits per heavy atom. The lowest BCUT2D eigenvalue weighted by Gasteiger charge is -2.61. The monoisotopic (exact) mass is 533 g/mol. The number of nitrogens with zero attached hydrogens (tertiary/aromatic N) is 1. The van der Waals surface area contributed by atoms with Crippen LogP contribution >= 0.6 is 0 Å². The number of aromatic hydroxyl groups is 1. The normalized spacial score (nSPS) is 28.9. The lowest BCUT2D eigenvalue weighted by Crippen LogP contribution is -2.74. The maximum atomic E-state index is 12.9. The Hall–Kier alpha value is -3.69. The van der Waals surface area contributed by atoms with Crippen LogP contribution in [0.2, 0.25) is 0 Å². The number of benzene rings is 2. The van der Waals surface area contributed by atoms with Crippen LogP contribution < -0.4 is 4.74 Å². The number of hydrogen-bond acceptors (Lipinski definition) is 9. The van der Waals surface area contributed by atoms with Gasteiger partial charge >= 0.3 is 11.9 Å². The Morgan fingerprint density at radius 3 is 2.62 bits per heavy atom. The molecular formula is C30H31NO8. The number of phenols is 1. The molecule has 1 fully saturated rings. The van der Waals surface area contributed by atoms with E-state index in [-0.39, 0.29) is 42.6 Å². The van der Waals surface area contributed by atoms with Crippen LogP contribution in [-0.2, 0) is 35.7 Å². The Bertz CT molecular complexity index is 1390. The molecular weight excluding hydrogens is 502 g/mol. The second-order valence-corrected chi connectivity index (χ2v) is 11.0. The number of esters is 2. The van der Waals surface area contributed by atoms with Gasteiger partial charge in [0.15, 0.2) is 29.5 Å². The van der Waals surface area contributed by atoms with Gasteiger partial charge in [0.05, 0.1) is 23.9 Å². The van der Waals surface area contributed by atoms with Gasteiger partial charge in [-0.05, 0) is 56.6 Å². The zero-order chi connectivity index (χ0) is 27.5. The van der Waals surface area contributed by atoms with Gasteiger partial charge in [0.25, 0.3) is 0 Å². The van der Waals surface area contributed by atoms with Crippen molar-refractivity contribution in [2.75, 3.05) is 13.6 Å². The van der Waals surface area contributed by atoms with Crippen LogP contribution in [0.4, 0.5) is 0 Å². The highest BCUT2D eigenvalue weighted by Gasteiger charge is 2.72. The van der Waals surface area contributed by atoms with Gasteiger partial charge in [-0.1, -0.05) is 36.4 Å². The second-order valence-electron chi connectivity index (χ2n) is 11.0. The summed E-state index contributed by atoms with van der Waals surface area (Å²) in [5.74, 6) is -1.06. The van der Waals surface area contributed by atoms with Crippen LogP contribution in [0, 0.1) is 0 Å². The van der Waals surface area contributed by atoms with E-state index in [1.807, 2.05) is 13.1 Å². The lowest BCUT2D eigenvalue weighted by atomic mass is 9.50. The van der Waals surface area contributed by atoms with Crippen LogP contribution in [0.1, 0.15) is 55.4 Å². The van der Waals surface area contributed by atoms with Crippen molar-refractivity contribution in [2.24, 2.45) is 0 Å². The molecule has 0 aromatic heterocycles. The number of rotatable bonds is 7. The average molecular weight is 534 g/mol. The average Bonchev–Trinajstić information content (AvgIpc) is 3.28. The third kappa shape index (κ3) is 3.78. The molecule has 2 aliphatic carbocycles. The van der Waals surface area contributed by atoms with Crippen LogP contribution in [0.5, 0.6) is 11.5 Å². The lowest BCUT2D eigenvalue weighted by molar-refractivity contribution is -0.169. The Balaban J connectivity index is 1.19. The van der Waals surface area contributed by atoms with Crippen LogP contribution in [-0.4, -0.2) is 64.2 Å². The molecule has 9 heteroatoms. The number of ether oxygens (including phenoxy) is 3. The van der Waals surface area contributed by atoms with Crippen molar-refractivity contribution in [3.8, 4) is 11.5 Å². The highest BCUT2D eigenvalue weighted by atomic mass is 16.6. The summed E-state index contributed by atoms with van der Waals surface area (Å²) in [5, 5.41) is 22.8. The van der Waals surface area contributed by atoms with E-state index in [2.05, 4.69) is 4.90 Å². The van der Waals surface area contributed by atoms with E-state index < -0.39 is 35.2 Å². The number of phenolic OH excluding ortho intramolecular Hbond substituents is 1. The fourth-order valence-corrected chi connectivity index (χ4v) is 7.03. The zero-order valence-corrected chi connectivity index (χ0v) is 21.9. The summed E-state index contributed by atoms with van der Waals surface area (Å²) in [7, 11) is 2.00. The number of ketones is 1. The van der Waals surface area contributed by atoms with Gasteiger partial charge in [-0.3, -0.25) is 14.4 Å². The fourth-order valence-electron chi connectivity index (χ4n) is 7.03. The quantitative estimate of drug-likeness (QED) is 0.517. The SMILES string of the molecule is CC(=O)[C@@H](OC(=O)CCC(=O)OC1=CC[C@@]2(O)[C@H]3Cc4ccc(O)c5c4[C@@]2(CCN3C)[C@H]1O5)c1ccccc1. The molecule has 0 unspecified atom stereocenters. The number of hydrogen-bond donors (Lipinski definition) is 2. The molecule has 2 aromatic carbocycles. The number of likely N-dealkylation sites (tertiary alicyclic amines) is 1. The Labute approximate surface area is 226 Å². The first-order valence-electron chi connectivity index (χ1n) is 13.3. The minimum atomic E-state index is -1.16. The summed E-state index contributed by atoms with van der Waals surface area (Å²) in [4.78, 5) is 39.6. The first-order valence-corrected chi connectivity index (χ1v) is 13.3. The molecule has 2 aromatic rings. The maximum absolute atomic E-state index is 12.9. The molecule has 2 aliphatic heterocycles. The van der Waals surface area contributed by atoms with E-state index in [9.17, 15) is 24.6 Å². The molecule has 1 saturated heterocycles. The first-order chi connectivity index (χ1) is 18.7. The molecule has 0 saturated carbocycles. The van der Waals surface area contributed by atoms with Crippen LogP contribution in [0.15, 0.2) is 54.3 Å². The van der Waals surface area contributed by atoms with Gasteiger partial charge < -0.3 is 29.3 Å². The molecule has 2 bridgehead atoms. The highest BCUT2D eigenvalue weighted by Crippen LogP contribution is 2.65. The largest absolute Gasteiger partial charge is 0.504 e. The first kappa shape index (κ1) is 25.6. The molecule has 9 nitrogen and oxygen atoms in total. The standard InChI is InChI=1S/C30H31NO8/c1-17(32)26(18-6-4-3-5-7-18)38-24(35)11-10-23(34)37-21-12-13-30(36)22-16-19-8-9-20(33)27-25(19)29(30,28(21)39-27)14-15-31(22)2/h3-9,12,22,26,28,33,36H,10-11,13-16H2,1-2H3/t22-,26-,28+,29+,30-/m1/s1. The summed E-state index contributed by atoms with van der Waals surface area (Å²) in [5.41, 5.74) is 0.361. The smallest absolute Gasteiger partial charge is 0.311 e. The molecule has 5 atom stereocenters. The Kier molecular flexibility index (Phi) is 6.04. The molecule has 204 valence electrons. The molecule has 4 aliphatic rings. The van der Waals surface area contributed by atoms with Crippen molar-refractivity contribution >= 4 is 17.7 Å². The minimum absolute atomic E-state index is 0.0101. The maximum Gasteiger partial charge on any atom is 0.311 e. The van der Waals surface area contributed by atoms with Gasteiger partial charge in [0.1, 0.15) is 5.76 Å². The van der Waals surface area contributed by atoms with Crippen LogP contribution in [0.3, 0.4) is 0 Å². The number of carbonyl (C=O) groups excluding carboxylic acids is 3. The molecule has 6 rings (SSSR count). The molecule has 2 N–H and O–H groups in total. The van der Waals surface area contributed by atoms with E-state index in [0.717, 1.165) is 11.1 Å². The van der Waals surface area contributed by atoms with Crippen molar-refractivity contribution in [3.05, 3.63) is 71.0 Å². The molecule has 39 heavy (non-hydrogen) atoms. The molecule has 1 spiro atoms. The third-order valence-corrected chi connectivity index (χ3v) is 8.84. The van der Waals surface area contributed by atoms with Crippen molar-refractivity contribution in [3.63, 3.8) is 0 Å². The Morgan fingerprint density at radius 2 is 1.87 bits per heavy atom. The second kappa shape index (κ2) is 9.20. The minimum Gasteiger partial charge on any atom is -0.504 e. The zero-order valence-electron chi connectivity index (χ0n) is 21.9. The van der Waals surface area contributed by atoms with Crippen LogP contribution in [0.25, 0.3) is 0 Å². The third-order valence-electron chi connectivity index (χ3n) is 8.84. The summed E-state index contributed by atoms with van der Waals surface area (Å²) in [6, 6.07) is 12.0. The number of likely N-dealkylation sites (N-methyl/N-ethyl adjacent to an activating group) is 1. The van der Waals surface area contributed by atoms with E-state index in [1.54, 1.807) is 42.5 Å². The molecule has 0 radical (unpaired) electrons. The summed E-state index contributed by atoms with van der Waals surface area (Å²) < 4.78 is 17.4. The topological polar surface area (TPSA) is 123 Å². The fraction of sp³-hybridized carbons (Fsp3) is 0.433. The summed E-state index contributed by atoms with van der Waals surface area (Å²) >= 11 is 0. The molecule has 2 heterocycles. The number of piperidine rings is 1. The van der Waals surface area contributed by atoms with Gasteiger partial charge in [0, 0.05) is 18.0 Å². The van der Waals surface area contributed by atoms with Gasteiger partial charge in [0.2, 0.25) is 0 Å². The van der Waals surface area contributed by atoms with E-state index in [1.165, 1.54) is 6.92 Å². The number of Topliss-reactive ketones (excluding diaryl/α,β-unsaturated/α-hetero) is 1. The molecule has 0 amide bonds. The van der Waals surface area contributed by atoms with E-state index >= 15 is 0 Å². The van der Waals surface area contributed by atoms with E-state index in [4.69, 9.17) is 14.2 Å². The van der Waals surface area contributed by atoms with Gasteiger partial charge in [-0.25, -0.2) is 0 Å². The predicted molar refractivity (Wildman–Crippen MR) is 138 cm³/mol. The van der Waals surface area contributed by atoms with Crippen molar-refractivity contribution in [1.29, 1.82) is 0 Å². The van der Waals surface area contributed by atoms with Gasteiger partial charge in [-0.2, -0.15) is 0 Å².